The number of ether oxygens (including phenoxy) is 1. The number of halogens is 3. The maximum absolute atomic E-state index is 12.6. The molecule has 22 heavy (non-hydrogen) atoms. The van der Waals surface area contributed by atoms with E-state index in [1.54, 1.807) is 4.90 Å². The van der Waals surface area contributed by atoms with E-state index >= 15 is 0 Å². The van der Waals surface area contributed by atoms with Crippen LogP contribution < -0.4 is 0 Å². The van der Waals surface area contributed by atoms with Gasteiger partial charge in [0, 0.05) is 19.0 Å². The topological polar surface area (TPSA) is 49.9 Å². The van der Waals surface area contributed by atoms with Crippen LogP contribution in [0.4, 0.5) is 13.2 Å². The Bertz CT molecular complexity index is 424. The molecule has 2 aliphatic rings. The van der Waals surface area contributed by atoms with Crippen LogP contribution in [0, 0.1) is 5.92 Å². The Morgan fingerprint density at radius 2 is 1.55 bits per heavy atom. The van der Waals surface area contributed by atoms with Crippen LogP contribution in [-0.4, -0.2) is 66.2 Å². The van der Waals surface area contributed by atoms with Crippen molar-refractivity contribution in [1.82, 2.24) is 9.80 Å². The monoisotopic (exact) mass is 322 g/mol. The molecule has 0 spiro atoms. The molecule has 5 nitrogen and oxygen atoms in total. The van der Waals surface area contributed by atoms with E-state index in [9.17, 15) is 22.8 Å². The van der Waals surface area contributed by atoms with Crippen LogP contribution in [0.3, 0.4) is 0 Å². The summed E-state index contributed by atoms with van der Waals surface area (Å²) in [4.78, 5) is 26.3. The second kappa shape index (κ2) is 6.44. The van der Waals surface area contributed by atoms with Gasteiger partial charge in [-0.2, -0.15) is 13.2 Å². The molecule has 0 aliphatic carbocycles. The first kappa shape index (κ1) is 17.1. The lowest BCUT2D eigenvalue weighted by Gasteiger charge is -2.42. The molecular weight excluding hydrogens is 301 g/mol. The molecule has 0 N–H and O–H groups in total. The molecule has 2 heterocycles. The van der Waals surface area contributed by atoms with Gasteiger partial charge in [-0.15, -0.1) is 0 Å². The van der Waals surface area contributed by atoms with E-state index in [4.69, 9.17) is 4.74 Å². The highest BCUT2D eigenvalue weighted by Gasteiger charge is 2.44. The van der Waals surface area contributed by atoms with Crippen molar-refractivity contribution in [3.05, 3.63) is 0 Å². The minimum Gasteiger partial charge on any atom is -0.377 e. The fourth-order valence-electron chi connectivity index (χ4n) is 3.16. The molecule has 0 aromatic rings. The second-order valence-electron chi connectivity index (χ2n) is 6.05. The number of likely N-dealkylation sites (tertiary alicyclic amines) is 1. The van der Waals surface area contributed by atoms with Gasteiger partial charge < -0.3 is 14.5 Å². The summed E-state index contributed by atoms with van der Waals surface area (Å²) >= 11 is 0. The molecular formula is C14H21F3N2O3. The van der Waals surface area contributed by atoms with Gasteiger partial charge in [0.25, 0.3) is 0 Å². The number of alkyl halides is 3. The third-order valence-corrected chi connectivity index (χ3v) is 4.30. The Labute approximate surface area is 127 Å². The number of piperidine rings is 1. The maximum Gasteiger partial charge on any atom is 0.471 e. The van der Waals surface area contributed by atoms with Crippen molar-refractivity contribution in [2.75, 3.05) is 26.3 Å². The highest BCUT2D eigenvalue weighted by Crippen LogP contribution is 2.27. The molecule has 8 heteroatoms. The molecule has 0 radical (unpaired) electrons. The molecule has 0 aromatic carbocycles. The molecule has 2 saturated heterocycles. The lowest BCUT2D eigenvalue weighted by atomic mass is 9.93. The van der Waals surface area contributed by atoms with Gasteiger partial charge in [0.1, 0.15) is 0 Å². The average molecular weight is 322 g/mol. The van der Waals surface area contributed by atoms with Gasteiger partial charge in [-0.3, -0.25) is 9.59 Å². The zero-order valence-corrected chi connectivity index (χ0v) is 12.7. The molecule has 0 bridgehead atoms. The van der Waals surface area contributed by atoms with Gasteiger partial charge in [-0.05, 0) is 26.7 Å². The number of carbonyl (C=O) groups is 2. The van der Waals surface area contributed by atoms with Crippen molar-refractivity contribution < 1.29 is 27.5 Å². The maximum atomic E-state index is 12.6. The summed E-state index contributed by atoms with van der Waals surface area (Å²) in [7, 11) is 0. The molecule has 2 unspecified atom stereocenters. The summed E-state index contributed by atoms with van der Waals surface area (Å²) in [6.07, 6.45) is -4.29. The van der Waals surface area contributed by atoms with Gasteiger partial charge in [-0.1, -0.05) is 0 Å². The van der Waals surface area contributed by atoms with Crippen LogP contribution in [0.25, 0.3) is 0 Å². The minimum atomic E-state index is -4.84. The molecule has 2 rings (SSSR count). The fraction of sp³-hybridized carbons (Fsp3) is 0.857. The summed E-state index contributed by atoms with van der Waals surface area (Å²) in [5.74, 6) is -2.17. The van der Waals surface area contributed by atoms with Gasteiger partial charge in [0.15, 0.2) is 0 Å². The average Bonchev–Trinajstić information content (AvgIpc) is 2.45. The molecule has 2 amide bonds. The Hall–Kier alpha value is -1.31. The third kappa shape index (κ3) is 3.53. The molecule has 2 fully saturated rings. The summed E-state index contributed by atoms with van der Waals surface area (Å²) in [5, 5.41) is 0. The quantitative estimate of drug-likeness (QED) is 0.734. The number of rotatable bonds is 1. The SMILES string of the molecule is CC1COCC(C)N1C(=O)C1CCN(C(=O)C(F)(F)F)CC1. The lowest BCUT2D eigenvalue weighted by molar-refractivity contribution is -0.187. The number of carbonyl (C=O) groups excluding carboxylic acids is 2. The zero-order valence-electron chi connectivity index (χ0n) is 12.7. The summed E-state index contributed by atoms with van der Waals surface area (Å²) < 4.78 is 42.6. The Kier molecular flexibility index (Phi) is 4.99. The van der Waals surface area contributed by atoms with E-state index < -0.39 is 12.1 Å². The van der Waals surface area contributed by atoms with Gasteiger partial charge >= 0.3 is 12.1 Å². The normalized spacial score (nSPS) is 27.9. The highest BCUT2D eigenvalue weighted by molar-refractivity contribution is 5.83. The van der Waals surface area contributed by atoms with Crippen molar-refractivity contribution in [2.45, 2.75) is 44.9 Å². The molecule has 126 valence electrons. The largest absolute Gasteiger partial charge is 0.471 e. The van der Waals surface area contributed by atoms with E-state index in [2.05, 4.69) is 0 Å². The van der Waals surface area contributed by atoms with Gasteiger partial charge in [-0.25, -0.2) is 0 Å². The van der Waals surface area contributed by atoms with Crippen molar-refractivity contribution in [2.24, 2.45) is 5.92 Å². The van der Waals surface area contributed by atoms with Crippen LogP contribution in [0.5, 0.6) is 0 Å². The second-order valence-corrected chi connectivity index (χ2v) is 6.05. The van der Waals surface area contributed by atoms with E-state index in [0.29, 0.717) is 13.2 Å². The number of nitrogens with zero attached hydrogens (tertiary/aromatic N) is 2. The molecule has 2 atom stereocenters. The number of hydrogen-bond acceptors (Lipinski definition) is 3. The standard InChI is InChI=1S/C14H21F3N2O3/c1-9-7-22-8-10(2)19(9)12(20)11-3-5-18(6-4-11)13(21)14(15,16)17/h9-11H,3-8H2,1-2H3. The minimum absolute atomic E-state index is 0.0259. The first-order valence-corrected chi connectivity index (χ1v) is 7.47. The van der Waals surface area contributed by atoms with E-state index in [-0.39, 0.29) is 49.8 Å². The Balaban J connectivity index is 1.94. The molecule has 0 saturated carbocycles. The summed E-state index contributed by atoms with van der Waals surface area (Å²) in [6.45, 7) is 4.69. The van der Waals surface area contributed by atoms with Gasteiger partial charge in [0.05, 0.1) is 25.3 Å². The Morgan fingerprint density at radius 1 is 1.05 bits per heavy atom. The van der Waals surface area contributed by atoms with Gasteiger partial charge in [0.2, 0.25) is 5.91 Å². The van der Waals surface area contributed by atoms with Crippen LogP contribution in [0.2, 0.25) is 0 Å². The first-order chi connectivity index (χ1) is 10.2. The molecule has 0 aromatic heterocycles. The number of amides is 2. The highest BCUT2D eigenvalue weighted by atomic mass is 19.4. The van der Waals surface area contributed by atoms with E-state index in [1.165, 1.54) is 0 Å². The van der Waals surface area contributed by atoms with E-state index in [0.717, 1.165) is 4.90 Å². The van der Waals surface area contributed by atoms with Crippen LogP contribution >= 0.6 is 0 Å². The Morgan fingerprint density at radius 3 is 2.00 bits per heavy atom. The van der Waals surface area contributed by atoms with E-state index in [1.807, 2.05) is 13.8 Å². The predicted molar refractivity (Wildman–Crippen MR) is 71.9 cm³/mol. The number of hydrogen-bond donors (Lipinski definition) is 0. The van der Waals surface area contributed by atoms with Crippen molar-refractivity contribution in [3.63, 3.8) is 0 Å². The van der Waals surface area contributed by atoms with Crippen LogP contribution in [0.1, 0.15) is 26.7 Å². The predicted octanol–water partition coefficient (Wildman–Crippen LogP) is 1.42. The van der Waals surface area contributed by atoms with Crippen LogP contribution in [0.15, 0.2) is 0 Å². The smallest absolute Gasteiger partial charge is 0.377 e. The lowest BCUT2D eigenvalue weighted by Crippen LogP contribution is -2.56. The first-order valence-electron chi connectivity index (χ1n) is 7.47. The van der Waals surface area contributed by atoms with Crippen LogP contribution in [-0.2, 0) is 14.3 Å². The van der Waals surface area contributed by atoms with Crippen molar-refractivity contribution in [1.29, 1.82) is 0 Å². The number of morpholine rings is 1. The van der Waals surface area contributed by atoms with Crippen molar-refractivity contribution in [3.8, 4) is 0 Å². The summed E-state index contributed by atoms with van der Waals surface area (Å²) in [5.41, 5.74) is 0. The zero-order chi connectivity index (χ0) is 16.5. The fourth-order valence-corrected chi connectivity index (χ4v) is 3.16. The summed E-state index contributed by atoms with van der Waals surface area (Å²) in [6, 6.07) is -0.0721. The van der Waals surface area contributed by atoms with Crippen molar-refractivity contribution >= 4 is 11.8 Å². The third-order valence-electron chi connectivity index (χ3n) is 4.30. The molecule has 2 aliphatic heterocycles.